The third-order valence-corrected chi connectivity index (χ3v) is 3.07. The van der Waals surface area contributed by atoms with Crippen molar-refractivity contribution in [2.24, 2.45) is 0 Å². The molecule has 0 radical (unpaired) electrons. The molecule has 0 aliphatic carbocycles. The van der Waals surface area contributed by atoms with Crippen LogP contribution in [0, 0.1) is 6.92 Å². The lowest BCUT2D eigenvalue weighted by Gasteiger charge is -2.11. The Morgan fingerprint density at radius 1 is 1.57 bits per heavy atom. The van der Waals surface area contributed by atoms with Gasteiger partial charge in [0.1, 0.15) is 0 Å². The highest BCUT2D eigenvalue weighted by Gasteiger charge is 2.16. The molecule has 2 rings (SSSR count). The Kier molecular flexibility index (Phi) is 3.06. The first kappa shape index (κ1) is 9.97. The van der Waals surface area contributed by atoms with Gasteiger partial charge in [0.05, 0.1) is 6.61 Å². The van der Waals surface area contributed by atoms with Crippen LogP contribution in [0.4, 0.5) is 0 Å². The standard InChI is InChI=1S/C11H14ClNO/c1-8-9(3-2-4-11(8)12)7-10-5-6-14-13-10/h2-4,10,13H,5-7H2,1H3. The molecule has 1 aliphatic rings. The molecule has 0 saturated carbocycles. The lowest BCUT2D eigenvalue weighted by atomic mass is 10.0. The van der Waals surface area contributed by atoms with E-state index in [4.69, 9.17) is 16.4 Å². The molecule has 0 spiro atoms. The maximum Gasteiger partial charge on any atom is 0.0698 e. The second-order valence-corrected chi connectivity index (χ2v) is 4.09. The summed E-state index contributed by atoms with van der Waals surface area (Å²) in [7, 11) is 0. The molecule has 1 aromatic rings. The minimum Gasteiger partial charge on any atom is -0.301 e. The molecule has 2 nitrogen and oxygen atoms in total. The fraction of sp³-hybridized carbons (Fsp3) is 0.455. The second-order valence-electron chi connectivity index (χ2n) is 3.68. The topological polar surface area (TPSA) is 21.3 Å². The first-order valence-corrected chi connectivity index (χ1v) is 5.26. The number of hydroxylamine groups is 1. The van der Waals surface area contributed by atoms with Crippen molar-refractivity contribution < 1.29 is 4.84 Å². The van der Waals surface area contributed by atoms with Crippen molar-refractivity contribution in [2.75, 3.05) is 6.61 Å². The van der Waals surface area contributed by atoms with Crippen LogP contribution in [-0.4, -0.2) is 12.6 Å². The van der Waals surface area contributed by atoms with E-state index in [1.807, 2.05) is 12.1 Å². The maximum absolute atomic E-state index is 6.05. The summed E-state index contributed by atoms with van der Waals surface area (Å²) in [5.41, 5.74) is 5.50. The van der Waals surface area contributed by atoms with E-state index < -0.39 is 0 Å². The Labute approximate surface area is 89.2 Å². The molecule has 1 aliphatic heterocycles. The molecule has 76 valence electrons. The van der Waals surface area contributed by atoms with Gasteiger partial charge < -0.3 is 4.84 Å². The number of halogens is 1. The Hall–Kier alpha value is -0.570. The molecule has 1 atom stereocenters. The third kappa shape index (κ3) is 2.08. The molecule has 0 bridgehead atoms. The summed E-state index contributed by atoms with van der Waals surface area (Å²) in [5.74, 6) is 0. The predicted octanol–water partition coefficient (Wildman–Crippen LogP) is 2.48. The van der Waals surface area contributed by atoms with Crippen LogP contribution in [0.5, 0.6) is 0 Å². The van der Waals surface area contributed by atoms with Crippen LogP contribution in [0.2, 0.25) is 5.02 Å². The second kappa shape index (κ2) is 4.30. The summed E-state index contributed by atoms with van der Waals surface area (Å²) in [4.78, 5) is 5.12. The number of hydrogen-bond donors (Lipinski definition) is 1. The molecule has 1 unspecified atom stereocenters. The van der Waals surface area contributed by atoms with Gasteiger partial charge >= 0.3 is 0 Å². The zero-order valence-corrected chi connectivity index (χ0v) is 8.97. The van der Waals surface area contributed by atoms with E-state index >= 15 is 0 Å². The van der Waals surface area contributed by atoms with E-state index in [1.54, 1.807) is 0 Å². The first-order valence-electron chi connectivity index (χ1n) is 4.88. The summed E-state index contributed by atoms with van der Waals surface area (Å²) >= 11 is 6.05. The van der Waals surface area contributed by atoms with Crippen molar-refractivity contribution >= 4 is 11.6 Å². The normalized spacial score (nSPS) is 21.4. The van der Waals surface area contributed by atoms with Gasteiger partial charge in [-0.3, -0.25) is 0 Å². The van der Waals surface area contributed by atoms with Gasteiger partial charge in [0.25, 0.3) is 0 Å². The lowest BCUT2D eigenvalue weighted by molar-refractivity contribution is 0.0882. The van der Waals surface area contributed by atoms with Gasteiger partial charge in [0, 0.05) is 11.1 Å². The summed E-state index contributed by atoms with van der Waals surface area (Å²) in [6.07, 6.45) is 2.07. The minimum atomic E-state index is 0.437. The monoisotopic (exact) mass is 211 g/mol. The van der Waals surface area contributed by atoms with Crippen molar-refractivity contribution in [1.29, 1.82) is 0 Å². The predicted molar refractivity (Wildman–Crippen MR) is 57.4 cm³/mol. The third-order valence-electron chi connectivity index (χ3n) is 2.66. The molecule has 1 saturated heterocycles. The fourth-order valence-corrected chi connectivity index (χ4v) is 1.91. The SMILES string of the molecule is Cc1c(Cl)cccc1CC1CCON1. The summed E-state index contributed by atoms with van der Waals surface area (Å²) in [6, 6.07) is 6.49. The highest BCUT2D eigenvalue weighted by Crippen LogP contribution is 2.21. The van der Waals surface area contributed by atoms with Crippen LogP contribution in [0.3, 0.4) is 0 Å². The molecule has 3 heteroatoms. The van der Waals surface area contributed by atoms with E-state index in [0.29, 0.717) is 6.04 Å². The van der Waals surface area contributed by atoms with Crippen LogP contribution in [0.1, 0.15) is 17.5 Å². The Morgan fingerprint density at radius 2 is 2.43 bits per heavy atom. The number of nitrogens with one attached hydrogen (secondary N) is 1. The van der Waals surface area contributed by atoms with Crippen molar-refractivity contribution in [1.82, 2.24) is 5.48 Å². The minimum absolute atomic E-state index is 0.437. The molecule has 0 amide bonds. The molecule has 1 N–H and O–H groups in total. The highest BCUT2D eigenvalue weighted by atomic mass is 35.5. The van der Waals surface area contributed by atoms with E-state index in [1.165, 1.54) is 11.1 Å². The van der Waals surface area contributed by atoms with Gasteiger partial charge in [0.2, 0.25) is 0 Å². The van der Waals surface area contributed by atoms with Crippen molar-refractivity contribution in [3.8, 4) is 0 Å². The van der Waals surface area contributed by atoms with Crippen LogP contribution < -0.4 is 5.48 Å². The van der Waals surface area contributed by atoms with Gasteiger partial charge in [-0.05, 0) is 37.0 Å². The molecule has 14 heavy (non-hydrogen) atoms. The van der Waals surface area contributed by atoms with Crippen LogP contribution in [0.25, 0.3) is 0 Å². The Balaban J connectivity index is 2.11. The number of benzene rings is 1. The van der Waals surface area contributed by atoms with Gasteiger partial charge in [-0.1, -0.05) is 23.7 Å². The zero-order valence-electron chi connectivity index (χ0n) is 8.22. The van der Waals surface area contributed by atoms with Gasteiger partial charge in [0.15, 0.2) is 0 Å². The summed E-state index contributed by atoms with van der Waals surface area (Å²) in [5, 5.41) is 0.849. The molecule has 1 fully saturated rings. The first-order chi connectivity index (χ1) is 6.77. The quantitative estimate of drug-likeness (QED) is 0.812. The summed E-state index contributed by atoms with van der Waals surface area (Å²) < 4.78 is 0. The van der Waals surface area contributed by atoms with E-state index in [0.717, 1.165) is 24.5 Å². The molecule has 1 heterocycles. The van der Waals surface area contributed by atoms with Crippen LogP contribution in [0.15, 0.2) is 18.2 Å². The van der Waals surface area contributed by atoms with Crippen LogP contribution in [-0.2, 0) is 11.3 Å². The van der Waals surface area contributed by atoms with Gasteiger partial charge in [-0.2, -0.15) is 5.48 Å². The van der Waals surface area contributed by atoms with E-state index in [2.05, 4.69) is 18.5 Å². The smallest absolute Gasteiger partial charge is 0.0698 e. The zero-order chi connectivity index (χ0) is 9.97. The fourth-order valence-electron chi connectivity index (χ4n) is 1.72. The Morgan fingerprint density at radius 3 is 3.14 bits per heavy atom. The molecular weight excluding hydrogens is 198 g/mol. The molecule has 0 aromatic heterocycles. The number of rotatable bonds is 2. The Bertz CT molecular complexity index is 321. The number of hydrogen-bond acceptors (Lipinski definition) is 2. The van der Waals surface area contributed by atoms with E-state index in [-0.39, 0.29) is 0 Å². The largest absolute Gasteiger partial charge is 0.301 e. The highest BCUT2D eigenvalue weighted by molar-refractivity contribution is 6.31. The average molecular weight is 212 g/mol. The van der Waals surface area contributed by atoms with Crippen molar-refractivity contribution in [3.63, 3.8) is 0 Å². The molecular formula is C11H14ClNO. The average Bonchev–Trinajstić information content (AvgIpc) is 2.66. The van der Waals surface area contributed by atoms with Crippen molar-refractivity contribution in [2.45, 2.75) is 25.8 Å². The van der Waals surface area contributed by atoms with Crippen molar-refractivity contribution in [3.05, 3.63) is 34.3 Å². The van der Waals surface area contributed by atoms with Gasteiger partial charge in [-0.15, -0.1) is 0 Å². The van der Waals surface area contributed by atoms with E-state index in [9.17, 15) is 0 Å². The van der Waals surface area contributed by atoms with Gasteiger partial charge in [-0.25, -0.2) is 0 Å². The maximum atomic E-state index is 6.05. The molecule has 1 aromatic carbocycles. The van der Waals surface area contributed by atoms with Crippen LogP contribution >= 0.6 is 11.6 Å². The lowest BCUT2D eigenvalue weighted by Crippen LogP contribution is -2.22. The summed E-state index contributed by atoms with van der Waals surface area (Å²) in [6.45, 7) is 2.87.